The predicted molar refractivity (Wildman–Crippen MR) is 61.9 cm³/mol. The minimum atomic E-state index is -0.746. The minimum absolute atomic E-state index is 0.162. The molecule has 0 saturated heterocycles. The molecule has 15 heavy (non-hydrogen) atoms. The van der Waals surface area contributed by atoms with Gasteiger partial charge in [0.2, 0.25) is 0 Å². The molecule has 1 aromatic carbocycles. The van der Waals surface area contributed by atoms with Gasteiger partial charge >= 0.3 is 0 Å². The van der Waals surface area contributed by atoms with Gasteiger partial charge in [-0.15, -0.1) is 0 Å². The summed E-state index contributed by atoms with van der Waals surface area (Å²) in [5, 5.41) is 19.5. The topological polar surface area (TPSA) is 40.5 Å². The maximum Gasteiger partial charge on any atom is 0.115 e. The van der Waals surface area contributed by atoms with E-state index < -0.39 is 5.60 Å². The zero-order valence-corrected chi connectivity index (χ0v) is 9.91. The monoisotopic (exact) mass is 208 g/mol. The van der Waals surface area contributed by atoms with Crippen molar-refractivity contribution in [1.29, 1.82) is 0 Å². The van der Waals surface area contributed by atoms with Crippen LogP contribution in [0.3, 0.4) is 0 Å². The van der Waals surface area contributed by atoms with Gasteiger partial charge in [-0.25, -0.2) is 0 Å². The van der Waals surface area contributed by atoms with Crippen molar-refractivity contribution in [3.8, 4) is 5.75 Å². The molecule has 0 aromatic heterocycles. The van der Waals surface area contributed by atoms with Crippen molar-refractivity contribution < 1.29 is 10.2 Å². The summed E-state index contributed by atoms with van der Waals surface area (Å²) in [7, 11) is 0. The Labute approximate surface area is 91.6 Å². The molecule has 0 aliphatic rings. The fraction of sp³-hybridized carbons (Fsp3) is 0.538. The van der Waals surface area contributed by atoms with Crippen LogP contribution in [0, 0.1) is 5.41 Å². The summed E-state index contributed by atoms with van der Waals surface area (Å²) in [4.78, 5) is 0. The van der Waals surface area contributed by atoms with Crippen molar-refractivity contribution in [3.05, 3.63) is 29.8 Å². The van der Waals surface area contributed by atoms with Crippen LogP contribution in [0.5, 0.6) is 5.75 Å². The van der Waals surface area contributed by atoms with Gasteiger partial charge in [-0.3, -0.25) is 0 Å². The molecule has 0 fully saturated rings. The smallest absolute Gasteiger partial charge is 0.115 e. The van der Waals surface area contributed by atoms with E-state index in [9.17, 15) is 5.11 Å². The zero-order valence-electron chi connectivity index (χ0n) is 9.91. The summed E-state index contributed by atoms with van der Waals surface area (Å²) in [5.41, 5.74) is 0.127. The summed E-state index contributed by atoms with van der Waals surface area (Å²) >= 11 is 0. The van der Waals surface area contributed by atoms with Crippen LogP contribution in [0.25, 0.3) is 0 Å². The Morgan fingerprint density at radius 1 is 1.00 bits per heavy atom. The van der Waals surface area contributed by atoms with Crippen LogP contribution >= 0.6 is 0 Å². The molecule has 2 nitrogen and oxygen atoms in total. The fourth-order valence-corrected chi connectivity index (χ4v) is 1.28. The van der Waals surface area contributed by atoms with Gasteiger partial charge in [0, 0.05) is 6.42 Å². The summed E-state index contributed by atoms with van der Waals surface area (Å²) in [6, 6.07) is 6.98. The highest BCUT2D eigenvalue weighted by Crippen LogP contribution is 2.33. The van der Waals surface area contributed by atoms with Gasteiger partial charge in [0.05, 0.1) is 5.60 Å². The third kappa shape index (κ3) is 2.96. The van der Waals surface area contributed by atoms with Gasteiger partial charge in [0.15, 0.2) is 0 Å². The van der Waals surface area contributed by atoms with Crippen molar-refractivity contribution in [1.82, 2.24) is 0 Å². The molecule has 0 aliphatic heterocycles. The maximum atomic E-state index is 10.3. The second-order valence-corrected chi connectivity index (χ2v) is 5.37. The van der Waals surface area contributed by atoms with Gasteiger partial charge in [-0.05, 0) is 30.0 Å². The molecule has 0 amide bonds. The summed E-state index contributed by atoms with van der Waals surface area (Å²) < 4.78 is 0. The third-order valence-corrected chi connectivity index (χ3v) is 3.10. The van der Waals surface area contributed by atoms with Crippen molar-refractivity contribution in [2.75, 3.05) is 0 Å². The summed E-state index contributed by atoms with van der Waals surface area (Å²) in [5.74, 6) is 0.258. The molecule has 0 aliphatic carbocycles. The normalized spacial score (nSPS) is 16.1. The average molecular weight is 208 g/mol. The first-order chi connectivity index (χ1) is 6.72. The molecule has 1 aromatic rings. The highest BCUT2D eigenvalue weighted by molar-refractivity contribution is 5.27. The van der Waals surface area contributed by atoms with Crippen molar-refractivity contribution in [2.45, 2.75) is 39.7 Å². The van der Waals surface area contributed by atoms with Crippen LogP contribution in [-0.2, 0) is 6.42 Å². The maximum absolute atomic E-state index is 10.3. The lowest BCUT2D eigenvalue weighted by Gasteiger charge is -2.37. The number of hydrogen-bond acceptors (Lipinski definition) is 2. The fourth-order valence-electron chi connectivity index (χ4n) is 1.28. The van der Waals surface area contributed by atoms with Gasteiger partial charge in [-0.2, -0.15) is 0 Å². The van der Waals surface area contributed by atoms with E-state index in [-0.39, 0.29) is 11.2 Å². The number of aliphatic hydroxyl groups is 1. The van der Waals surface area contributed by atoms with E-state index >= 15 is 0 Å². The van der Waals surface area contributed by atoms with Gasteiger partial charge in [0.25, 0.3) is 0 Å². The molecule has 0 saturated carbocycles. The summed E-state index contributed by atoms with van der Waals surface area (Å²) in [6.45, 7) is 7.91. The van der Waals surface area contributed by atoms with E-state index in [4.69, 9.17) is 5.11 Å². The second-order valence-electron chi connectivity index (χ2n) is 5.37. The number of hydrogen-bond donors (Lipinski definition) is 2. The van der Waals surface area contributed by atoms with Crippen LogP contribution in [0.2, 0.25) is 0 Å². The number of phenols is 1. The molecule has 1 atom stereocenters. The Kier molecular flexibility index (Phi) is 3.10. The average Bonchev–Trinajstić information content (AvgIpc) is 2.06. The van der Waals surface area contributed by atoms with Crippen LogP contribution in [-0.4, -0.2) is 15.8 Å². The molecule has 0 heterocycles. The summed E-state index contributed by atoms with van der Waals surface area (Å²) in [6.07, 6.45) is 0.594. The van der Waals surface area contributed by atoms with E-state index in [1.54, 1.807) is 12.1 Å². The molecule has 1 rings (SSSR count). The Morgan fingerprint density at radius 2 is 1.47 bits per heavy atom. The minimum Gasteiger partial charge on any atom is -0.508 e. The zero-order chi connectivity index (χ0) is 11.7. The van der Waals surface area contributed by atoms with Gasteiger partial charge in [-0.1, -0.05) is 32.9 Å². The van der Waals surface area contributed by atoms with E-state index in [0.29, 0.717) is 6.42 Å². The molecule has 84 valence electrons. The van der Waals surface area contributed by atoms with Crippen molar-refractivity contribution >= 4 is 0 Å². The molecule has 0 radical (unpaired) electrons. The quantitative estimate of drug-likeness (QED) is 0.784. The SMILES string of the molecule is CC(C)(C)C(C)(O)Cc1ccc(O)cc1. The largest absolute Gasteiger partial charge is 0.508 e. The molecule has 0 bridgehead atoms. The predicted octanol–water partition coefficient (Wildman–Crippen LogP) is 2.73. The highest BCUT2D eigenvalue weighted by Gasteiger charge is 2.35. The van der Waals surface area contributed by atoms with E-state index in [0.717, 1.165) is 5.56 Å². The Balaban J connectivity index is 2.82. The van der Waals surface area contributed by atoms with E-state index in [1.165, 1.54) is 0 Å². The lowest BCUT2D eigenvalue weighted by atomic mass is 9.74. The van der Waals surface area contributed by atoms with Crippen LogP contribution in [0.4, 0.5) is 0 Å². The lowest BCUT2D eigenvalue weighted by molar-refractivity contribution is -0.0405. The van der Waals surface area contributed by atoms with Crippen molar-refractivity contribution in [3.63, 3.8) is 0 Å². The second kappa shape index (κ2) is 3.86. The van der Waals surface area contributed by atoms with Gasteiger partial charge in [0.1, 0.15) is 5.75 Å². The third-order valence-electron chi connectivity index (χ3n) is 3.10. The molecule has 1 unspecified atom stereocenters. The Hall–Kier alpha value is -1.02. The van der Waals surface area contributed by atoms with Crippen LogP contribution < -0.4 is 0 Å². The van der Waals surface area contributed by atoms with Crippen molar-refractivity contribution in [2.24, 2.45) is 5.41 Å². The first kappa shape index (κ1) is 12.1. The first-order valence-corrected chi connectivity index (χ1v) is 5.23. The number of benzene rings is 1. The van der Waals surface area contributed by atoms with E-state index in [2.05, 4.69) is 0 Å². The van der Waals surface area contributed by atoms with Crippen LogP contribution in [0.1, 0.15) is 33.3 Å². The molecular weight excluding hydrogens is 188 g/mol. The van der Waals surface area contributed by atoms with Gasteiger partial charge < -0.3 is 10.2 Å². The molecule has 2 N–H and O–H groups in total. The Bertz CT molecular complexity index is 317. The van der Waals surface area contributed by atoms with E-state index in [1.807, 2.05) is 39.8 Å². The lowest BCUT2D eigenvalue weighted by Crippen LogP contribution is -2.41. The van der Waals surface area contributed by atoms with Crippen LogP contribution in [0.15, 0.2) is 24.3 Å². The number of phenolic OH excluding ortho intramolecular Hbond substituents is 1. The molecule has 2 heteroatoms. The number of rotatable bonds is 2. The number of aromatic hydroxyl groups is 1. The standard InChI is InChI=1S/C13H20O2/c1-12(2,3)13(4,15)9-10-5-7-11(14)8-6-10/h5-8,14-15H,9H2,1-4H3. The highest BCUT2D eigenvalue weighted by atomic mass is 16.3. The molecular formula is C13H20O2. The first-order valence-electron chi connectivity index (χ1n) is 5.23. The Morgan fingerprint density at radius 3 is 1.87 bits per heavy atom. The molecule has 0 spiro atoms.